The lowest BCUT2D eigenvalue weighted by atomic mass is 9.97. The van der Waals surface area contributed by atoms with E-state index in [2.05, 4.69) is 4.72 Å². The van der Waals surface area contributed by atoms with Crippen molar-refractivity contribution in [2.75, 3.05) is 6.61 Å². The van der Waals surface area contributed by atoms with E-state index in [1.54, 1.807) is 0 Å². The molecule has 0 aromatic heterocycles. The van der Waals surface area contributed by atoms with Gasteiger partial charge in [0.1, 0.15) is 0 Å². The Balaban J connectivity index is 2.69. The molecule has 1 unspecified atom stereocenters. The number of hydrogen-bond donors (Lipinski definition) is 2. The molecule has 1 saturated carbocycles. The van der Waals surface area contributed by atoms with Gasteiger partial charge < -0.3 is 5.11 Å². The molecular formula is C12H25NO3S. The summed E-state index contributed by atoms with van der Waals surface area (Å²) in [6.07, 6.45) is 5.87. The Hall–Kier alpha value is -0.130. The van der Waals surface area contributed by atoms with Gasteiger partial charge in [-0.3, -0.25) is 0 Å². The second kappa shape index (κ2) is 6.16. The fourth-order valence-electron chi connectivity index (χ4n) is 2.35. The van der Waals surface area contributed by atoms with Gasteiger partial charge in [0.2, 0.25) is 10.0 Å². The van der Waals surface area contributed by atoms with Crippen molar-refractivity contribution in [3.63, 3.8) is 0 Å². The van der Waals surface area contributed by atoms with Gasteiger partial charge in [0.05, 0.1) is 5.25 Å². The summed E-state index contributed by atoms with van der Waals surface area (Å²) in [5, 5.41) is 8.77. The van der Waals surface area contributed by atoms with Crippen LogP contribution in [0.2, 0.25) is 0 Å². The smallest absolute Gasteiger partial charge is 0.214 e. The normalized spacial score (nSPS) is 22.3. The molecule has 1 aliphatic carbocycles. The first-order valence-electron chi connectivity index (χ1n) is 6.57. The SMILES string of the molecule is CCC(C)(CCO)NS(=O)(=O)C1CCCCC1. The summed E-state index contributed by atoms with van der Waals surface area (Å²) in [7, 11) is -3.24. The van der Waals surface area contributed by atoms with Crippen LogP contribution in [0, 0.1) is 0 Å². The van der Waals surface area contributed by atoms with Crippen molar-refractivity contribution in [1.29, 1.82) is 0 Å². The maximum Gasteiger partial charge on any atom is 0.214 e. The molecule has 1 aliphatic rings. The first-order valence-corrected chi connectivity index (χ1v) is 8.12. The summed E-state index contributed by atoms with van der Waals surface area (Å²) in [6.45, 7) is 3.82. The third kappa shape index (κ3) is 4.23. The van der Waals surface area contributed by atoms with E-state index >= 15 is 0 Å². The van der Waals surface area contributed by atoms with Crippen LogP contribution in [-0.4, -0.2) is 30.9 Å². The number of aliphatic hydroxyl groups excluding tert-OH is 1. The highest BCUT2D eigenvalue weighted by Gasteiger charge is 2.33. The summed E-state index contributed by atoms with van der Waals surface area (Å²) >= 11 is 0. The van der Waals surface area contributed by atoms with Crippen molar-refractivity contribution < 1.29 is 13.5 Å². The van der Waals surface area contributed by atoms with E-state index < -0.39 is 15.6 Å². The predicted octanol–water partition coefficient (Wildman–Crippen LogP) is 1.79. The molecule has 1 atom stereocenters. The minimum Gasteiger partial charge on any atom is -0.396 e. The van der Waals surface area contributed by atoms with Crippen LogP contribution in [0.5, 0.6) is 0 Å². The monoisotopic (exact) mass is 263 g/mol. The van der Waals surface area contributed by atoms with Gasteiger partial charge in [0.15, 0.2) is 0 Å². The van der Waals surface area contributed by atoms with Crippen molar-refractivity contribution in [1.82, 2.24) is 4.72 Å². The minimum absolute atomic E-state index is 0.0114. The molecule has 1 rings (SSSR count). The molecule has 0 saturated heterocycles. The number of aliphatic hydroxyl groups is 1. The van der Waals surface area contributed by atoms with Crippen molar-refractivity contribution in [2.24, 2.45) is 0 Å². The fraction of sp³-hybridized carbons (Fsp3) is 1.00. The molecular weight excluding hydrogens is 238 g/mol. The lowest BCUT2D eigenvalue weighted by Gasteiger charge is -2.32. The van der Waals surface area contributed by atoms with Crippen molar-refractivity contribution in [3.8, 4) is 0 Å². The molecule has 4 nitrogen and oxygen atoms in total. The van der Waals surface area contributed by atoms with Crippen LogP contribution in [0.4, 0.5) is 0 Å². The molecule has 0 amide bonds. The molecule has 0 bridgehead atoms. The van der Waals surface area contributed by atoms with Crippen LogP contribution in [0.1, 0.15) is 58.8 Å². The van der Waals surface area contributed by atoms with E-state index in [0.717, 1.165) is 32.1 Å². The Labute approximate surface area is 105 Å². The molecule has 2 N–H and O–H groups in total. The zero-order valence-electron chi connectivity index (χ0n) is 10.9. The van der Waals surface area contributed by atoms with Gasteiger partial charge in [0.25, 0.3) is 0 Å². The van der Waals surface area contributed by atoms with Crippen LogP contribution in [0.25, 0.3) is 0 Å². The van der Waals surface area contributed by atoms with Crippen LogP contribution in [-0.2, 0) is 10.0 Å². The van der Waals surface area contributed by atoms with Gasteiger partial charge >= 0.3 is 0 Å². The van der Waals surface area contributed by atoms with E-state index in [1.807, 2.05) is 13.8 Å². The summed E-state index contributed by atoms with van der Waals surface area (Å²) in [5.74, 6) is 0. The summed E-state index contributed by atoms with van der Waals surface area (Å²) in [4.78, 5) is 0. The van der Waals surface area contributed by atoms with Gasteiger partial charge in [0, 0.05) is 12.1 Å². The van der Waals surface area contributed by atoms with Crippen molar-refractivity contribution >= 4 is 10.0 Å². The summed E-state index contributed by atoms with van der Waals surface area (Å²) in [6, 6.07) is 0. The first-order chi connectivity index (χ1) is 7.93. The Kier molecular flexibility index (Phi) is 5.41. The average molecular weight is 263 g/mol. The van der Waals surface area contributed by atoms with Gasteiger partial charge in [-0.05, 0) is 32.6 Å². The highest BCUT2D eigenvalue weighted by atomic mass is 32.2. The van der Waals surface area contributed by atoms with Crippen molar-refractivity contribution in [3.05, 3.63) is 0 Å². The molecule has 17 heavy (non-hydrogen) atoms. The van der Waals surface area contributed by atoms with E-state index in [9.17, 15) is 8.42 Å². The highest BCUT2D eigenvalue weighted by Crippen LogP contribution is 2.25. The zero-order chi connectivity index (χ0) is 12.9. The van der Waals surface area contributed by atoms with Gasteiger partial charge in [-0.25, -0.2) is 13.1 Å². The Morgan fingerprint density at radius 1 is 1.29 bits per heavy atom. The topological polar surface area (TPSA) is 66.4 Å². The fourth-order valence-corrected chi connectivity index (χ4v) is 4.40. The second-order valence-electron chi connectivity index (χ2n) is 5.29. The molecule has 0 radical (unpaired) electrons. The second-order valence-corrected chi connectivity index (χ2v) is 7.26. The molecule has 0 spiro atoms. The van der Waals surface area contributed by atoms with E-state index in [0.29, 0.717) is 12.8 Å². The largest absolute Gasteiger partial charge is 0.396 e. The molecule has 102 valence electrons. The Morgan fingerprint density at radius 3 is 2.35 bits per heavy atom. The number of sulfonamides is 1. The van der Waals surface area contributed by atoms with Crippen LogP contribution in [0.15, 0.2) is 0 Å². The highest BCUT2D eigenvalue weighted by molar-refractivity contribution is 7.90. The minimum atomic E-state index is -3.24. The predicted molar refractivity (Wildman–Crippen MR) is 69.3 cm³/mol. The quantitative estimate of drug-likeness (QED) is 0.768. The third-order valence-electron chi connectivity index (χ3n) is 3.82. The lowest BCUT2D eigenvalue weighted by molar-refractivity contribution is 0.232. The maximum atomic E-state index is 12.2. The van der Waals surface area contributed by atoms with E-state index in [4.69, 9.17) is 5.11 Å². The molecule has 5 heteroatoms. The van der Waals surface area contributed by atoms with Crippen LogP contribution >= 0.6 is 0 Å². The molecule has 0 aromatic carbocycles. The standard InChI is InChI=1S/C12H25NO3S/c1-3-12(2,9-10-14)13-17(15,16)11-7-5-4-6-8-11/h11,13-14H,3-10H2,1-2H3. The maximum absolute atomic E-state index is 12.2. The molecule has 0 heterocycles. The van der Waals surface area contributed by atoms with Gasteiger partial charge in [-0.1, -0.05) is 26.2 Å². The third-order valence-corrected chi connectivity index (χ3v) is 5.95. The summed E-state index contributed by atoms with van der Waals surface area (Å²) in [5.41, 5.74) is -0.509. The van der Waals surface area contributed by atoms with Gasteiger partial charge in [-0.2, -0.15) is 0 Å². The van der Waals surface area contributed by atoms with Crippen LogP contribution in [0.3, 0.4) is 0 Å². The molecule has 0 aliphatic heterocycles. The van der Waals surface area contributed by atoms with E-state index in [-0.39, 0.29) is 11.9 Å². The number of hydrogen-bond acceptors (Lipinski definition) is 3. The number of rotatable bonds is 6. The van der Waals surface area contributed by atoms with Gasteiger partial charge in [-0.15, -0.1) is 0 Å². The Morgan fingerprint density at radius 2 is 1.88 bits per heavy atom. The lowest BCUT2D eigenvalue weighted by Crippen LogP contribution is -2.49. The average Bonchev–Trinajstić information content (AvgIpc) is 2.30. The first kappa shape index (κ1) is 14.9. The van der Waals surface area contributed by atoms with E-state index in [1.165, 1.54) is 0 Å². The molecule has 0 aromatic rings. The summed E-state index contributed by atoms with van der Waals surface area (Å²) < 4.78 is 27.3. The number of nitrogens with one attached hydrogen (secondary N) is 1. The zero-order valence-corrected chi connectivity index (χ0v) is 11.7. The van der Waals surface area contributed by atoms with Crippen LogP contribution < -0.4 is 4.72 Å². The van der Waals surface area contributed by atoms with Crippen molar-refractivity contribution in [2.45, 2.75) is 69.6 Å². The Bertz CT molecular complexity index is 323. The molecule has 1 fully saturated rings.